The molecule has 1 aromatic heterocycles. The van der Waals surface area contributed by atoms with Crippen molar-refractivity contribution in [1.29, 1.82) is 0 Å². The SMILES string of the molecule is [NH]c1ccc2[nH]c(=O)c(=O)n(-c3cccc(S(=O)(=O)O)c3)c2c1. The third kappa shape index (κ3) is 2.62. The lowest BCUT2D eigenvalue weighted by atomic mass is 10.2. The van der Waals surface area contributed by atoms with Gasteiger partial charge in [0.15, 0.2) is 0 Å². The van der Waals surface area contributed by atoms with Gasteiger partial charge in [-0.1, -0.05) is 6.07 Å². The molecule has 23 heavy (non-hydrogen) atoms. The Bertz CT molecular complexity index is 1150. The summed E-state index contributed by atoms with van der Waals surface area (Å²) in [6, 6.07) is 9.28. The molecule has 8 nitrogen and oxygen atoms in total. The zero-order chi connectivity index (χ0) is 16.8. The first-order valence-corrected chi connectivity index (χ1v) is 7.80. The average Bonchev–Trinajstić information content (AvgIpc) is 2.48. The van der Waals surface area contributed by atoms with Gasteiger partial charge in [0.05, 0.1) is 27.3 Å². The Morgan fingerprint density at radius 1 is 1.09 bits per heavy atom. The van der Waals surface area contributed by atoms with Crippen LogP contribution >= 0.6 is 0 Å². The minimum Gasteiger partial charge on any atom is -0.316 e. The number of nitrogens with zero attached hydrogens (tertiary/aromatic N) is 1. The number of benzene rings is 2. The Labute approximate surface area is 129 Å². The van der Waals surface area contributed by atoms with Gasteiger partial charge in [-0.2, -0.15) is 8.42 Å². The van der Waals surface area contributed by atoms with Gasteiger partial charge in [0.2, 0.25) is 0 Å². The van der Waals surface area contributed by atoms with E-state index < -0.39 is 26.1 Å². The van der Waals surface area contributed by atoms with Crippen molar-refractivity contribution < 1.29 is 13.0 Å². The minimum absolute atomic E-state index is 0.0897. The molecule has 117 valence electrons. The summed E-state index contributed by atoms with van der Waals surface area (Å²) < 4.78 is 32.6. The van der Waals surface area contributed by atoms with Crippen molar-refractivity contribution in [2.24, 2.45) is 0 Å². The second kappa shape index (κ2) is 5.07. The molecule has 0 saturated carbocycles. The van der Waals surface area contributed by atoms with Gasteiger partial charge in [-0.15, -0.1) is 0 Å². The summed E-state index contributed by atoms with van der Waals surface area (Å²) in [6.07, 6.45) is 0. The van der Waals surface area contributed by atoms with Gasteiger partial charge in [-0.3, -0.25) is 18.7 Å². The fourth-order valence-electron chi connectivity index (χ4n) is 2.25. The summed E-state index contributed by atoms with van der Waals surface area (Å²) in [5, 5.41) is 0. The lowest BCUT2D eigenvalue weighted by Crippen LogP contribution is -2.35. The van der Waals surface area contributed by atoms with E-state index in [9.17, 15) is 18.0 Å². The first-order valence-electron chi connectivity index (χ1n) is 6.36. The molecule has 0 atom stereocenters. The molecule has 3 N–H and O–H groups in total. The molecule has 0 spiro atoms. The van der Waals surface area contributed by atoms with Crippen LogP contribution in [0.15, 0.2) is 56.9 Å². The Balaban J connectivity index is 2.45. The van der Waals surface area contributed by atoms with E-state index in [1.54, 1.807) is 0 Å². The van der Waals surface area contributed by atoms with Crippen LogP contribution in [0.3, 0.4) is 0 Å². The molecule has 3 aromatic rings. The van der Waals surface area contributed by atoms with Crippen molar-refractivity contribution >= 4 is 26.8 Å². The zero-order valence-corrected chi connectivity index (χ0v) is 12.3. The minimum atomic E-state index is -4.46. The topological polar surface area (TPSA) is 133 Å². The van der Waals surface area contributed by atoms with Gasteiger partial charge in [0.1, 0.15) is 0 Å². The van der Waals surface area contributed by atoms with E-state index in [4.69, 9.17) is 10.3 Å². The van der Waals surface area contributed by atoms with Gasteiger partial charge in [0, 0.05) is 0 Å². The highest BCUT2D eigenvalue weighted by Crippen LogP contribution is 2.19. The normalized spacial score (nSPS) is 11.7. The van der Waals surface area contributed by atoms with E-state index >= 15 is 0 Å². The third-order valence-corrected chi connectivity index (χ3v) is 4.11. The Hall–Kier alpha value is -2.91. The molecule has 9 heteroatoms. The summed E-state index contributed by atoms with van der Waals surface area (Å²) in [5.41, 5.74) is 6.63. The summed E-state index contributed by atoms with van der Waals surface area (Å²) >= 11 is 0. The first kappa shape index (κ1) is 15.0. The van der Waals surface area contributed by atoms with Crippen molar-refractivity contribution in [3.8, 4) is 5.69 Å². The van der Waals surface area contributed by atoms with Crippen molar-refractivity contribution in [3.63, 3.8) is 0 Å². The monoisotopic (exact) mass is 332 g/mol. The fourth-order valence-corrected chi connectivity index (χ4v) is 2.77. The first-order chi connectivity index (χ1) is 10.8. The summed E-state index contributed by atoms with van der Waals surface area (Å²) in [4.78, 5) is 26.0. The molecule has 0 unspecified atom stereocenters. The molecular formula is C14H10N3O5S. The van der Waals surface area contributed by atoms with Crippen LogP contribution in [-0.4, -0.2) is 22.5 Å². The number of hydrogen-bond acceptors (Lipinski definition) is 4. The smallest absolute Gasteiger partial charge is 0.316 e. The number of nitrogens with one attached hydrogen (secondary N) is 2. The van der Waals surface area contributed by atoms with Crippen LogP contribution in [0.2, 0.25) is 0 Å². The van der Waals surface area contributed by atoms with Crippen LogP contribution in [-0.2, 0) is 10.1 Å². The predicted octanol–water partition coefficient (Wildman–Crippen LogP) is 0.840. The van der Waals surface area contributed by atoms with Gasteiger partial charge in [0.25, 0.3) is 10.1 Å². The molecule has 0 saturated heterocycles. The second-order valence-electron chi connectivity index (χ2n) is 4.80. The molecule has 3 rings (SSSR count). The molecule has 1 radical (unpaired) electrons. The van der Waals surface area contributed by atoms with Crippen LogP contribution in [0.25, 0.3) is 16.7 Å². The molecule has 0 aliphatic rings. The van der Waals surface area contributed by atoms with Gasteiger partial charge < -0.3 is 10.7 Å². The Kier molecular flexibility index (Phi) is 3.31. The van der Waals surface area contributed by atoms with Crippen LogP contribution < -0.4 is 16.9 Å². The van der Waals surface area contributed by atoms with E-state index in [0.717, 1.165) is 16.7 Å². The lowest BCUT2D eigenvalue weighted by Gasteiger charge is -2.10. The standard InChI is InChI=1S/C14H10N3O5S/c15-8-4-5-11-12(6-8)17(14(19)13(18)16-11)9-2-1-3-10(7-9)23(20,21)22/h1-7,15H,(H,16,18)(H,20,21,22). The highest BCUT2D eigenvalue weighted by atomic mass is 32.2. The van der Waals surface area contributed by atoms with Crippen molar-refractivity contribution in [2.45, 2.75) is 4.90 Å². The highest BCUT2D eigenvalue weighted by Gasteiger charge is 2.14. The summed E-state index contributed by atoms with van der Waals surface area (Å²) in [5.74, 6) is 0. The number of rotatable bonds is 2. The van der Waals surface area contributed by atoms with Gasteiger partial charge in [-0.05, 0) is 36.4 Å². The molecule has 1 heterocycles. The Morgan fingerprint density at radius 3 is 2.52 bits per heavy atom. The van der Waals surface area contributed by atoms with Gasteiger partial charge >= 0.3 is 11.1 Å². The van der Waals surface area contributed by atoms with Crippen molar-refractivity contribution in [2.75, 3.05) is 0 Å². The molecule has 0 aliphatic heterocycles. The highest BCUT2D eigenvalue weighted by molar-refractivity contribution is 7.85. The largest absolute Gasteiger partial charge is 0.321 e. The average molecular weight is 332 g/mol. The van der Waals surface area contributed by atoms with E-state index in [1.807, 2.05) is 0 Å². The molecule has 2 aromatic carbocycles. The lowest BCUT2D eigenvalue weighted by molar-refractivity contribution is 0.483. The maximum absolute atomic E-state index is 12.2. The maximum Gasteiger partial charge on any atom is 0.321 e. The number of aromatic nitrogens is 2. The maximum atomic E-state index is 12.2. The number of fused-ring (bicyclic) bond motifs is 1. The molecule has 0 amide bonds. The predicted molar refractivity (Wildman–Crippen MR) is 82.7 cm³/mol. The van der Waals surface area contributed by atoms with E-state index in [0.29, 0.717) is 5.52 Å². The van der Waals surface area contributed by atoms with Crippen molar-refractivity contribution in [3.05, 3.63) is 63.2 Å². The second-order valence-corrected chi connectivity index (χ2v) is 6.22. The van der Waals surface area contributed by atoms with Crippen LogP contribution in [0.4, 0.5) is 5.69 Å². The molecular weight excluding hydrogens is 322 g/mol. The van der Waals surface area contributed by atoms with Crippen molar-refractivity contribution in [1.82, 2.24) is 15.3 Å². The molecule has 0 bridgehead atoms. The number of H-pyrrole nitrogens is 1. The number of hydrogen-bond donors (Lipinski definition) is 2. The quantitative estimate of drug-likeness (QED) is 0.530. The van der Waals surface area contributed by atoms with Crippen LogP contribution in [0.1, 0.15) is 0 Å². The number of aromatic amines is 1. The van der Waals surface area contributed by atoms with E-state index in [1.165, 1.54) is 30.3 Å². The summed E-state index contributed by atoms with van der Waals surface area (Å²) in [7, 11) is -4.46. The zero-order valence-electron chi connectivity index (χ0n) is 11.5. The summed E-state index contributed by atoms with van der Waals surface area (Å²) in [6.45, 7) is 0. The van der Waals surface area contributed by atoms with E-state index in [-0.39, 0.29) is 16.9 Å². The third-order valence-electron chi connectivity index (χ3n) is 3.26. The van der Waals surface area contributed by atoms with E-state index in [2.05, 4.69) is 4.98 Å². The van der Waals surface area contributed by atoms with Crippen LogP contribution in [0, 0.1) is 0 Å². The van der Waals surface area contributed by atoms with Crippen LogP contribution in [0.5, 0.6) is 0 Å². The molecule has 0 aliphatic carbocycles. The Morgan fingerprint density at radius 2 is 1.83 bits per heavy atom. The fraction of sp³-hybridized carbons (Fsp3) is 0. The molecule has 0 fully saturated rings. The van der Waals surface area contributed by atoms with Gasteiger partial charge in [-0.25, -0.2) is 0 Å².